The SMILES string of the molecule is Cc1cc(C)cc(C(C)NOC2CCCC2)c1. The van der Waals surface area contributed by atoms with Crippen molar-refractivity contribution in [3.05, 3.63) is 34.9 Å². The molecule has 2 heteroatoms. The number of benzene rings is 1. The third-order valence-electron chi connectivity index (χ3n) is 3.46. The Balaban J connectivity index is 1.91. The summed E-state index contributed by atoms with van der Waals surface area (Å²) in [5.74, 6) is 0. The van der Waals surface area contributed by atoms with Crippen LogP contribution in [-0.2, 0) is 4.84 Å². The van der Waals surface area contributed by atoms with E-state index in [2.05, 4.69) is 44.5 Å². The van der Waals surface area contributed by atoms with Crippen molar-refractivity contribution in [1.82, 2.24) is 5.48 Å². The molecule has 1 saturated carbocycles. The number of hydroxylamine groups is 1. The molecule has 1 aromatic rings. The van der Waals surface area contributed by atoms with Gasteiger partial charge >= 0.3 is 0 Å². The lowest BCUT2D eigenvalue weighted by molar-refractivity contribution is -0.0376. The molecule has 1 N–H and O–H groups in total. The summed E-state index contributed by atoms with van der Waals surface area (Å²) in [6.07, 6.45) is 5.44. The van der Waals surface area contributed by atoms with Crippen LogP contribution in [0.1, 0.15) is 55.3 Å². The van der Waals surface area contributed by atoms with Crippen molar-refractivity contribution in [1.29, 1.82) is 0 Å². The fourth-order valence-corrected chi connectivity index (χ4v) is 2.53. The molecule has 0 amide bonds. The van der Waals surface area contributed by atoms with Crippen LogP contribution in [-0.4, -0.2) is 6.10 Å². The Morgan fingerprint density at radius 1 is 1.12 bits per heavy atom. The molecule has 0 spiro atoms. The minimum atomic E-state index is 0.259. The maximum absolute atomic E-state index is 5.75. The van der Waals surface area contributed by atoms with E-state index in [1.54, 1.807) is 0 Å². The van der Waals surface area contributed by atoms with Crippen molar-refractivity contribution in [3.63, 3.8) is 0 Å². The van der Waals surface area contributed by atoms with Gasteiger partial charge in [-0.2, -0.15) is 5.48 Å². The molecular weight excluding hydrogens is 210 g/mol. The minimum absolute atomic E-state index is 0.259. The molecule has 0 saturated heterocycles. The van der Waals surface area contributed by atoms with Crippen LogP contribution in [0.25, 0.3) is 0 Å². The molecule has 1 atom stereocenters. The molecule has 1 aliphatic rings. The first-order chi connectivity index (χ1) is 8.15. The summed E-state index contributed by atoms with van der Waals surface area (Å²) in [4.78, 5) is 5.75. The van der Waals surface area contributed by atoms with Gasteiger partial charge in [-0.05, 0) is 39.2 Å². The standard InChI is InChI=1S/C15H23NO/c1-11-8-12(2)10-14(9-11)13(3)16-17-15-6-4-5-7-15/h8-10,13,15-16H,4-7H2,1-3H3. The van der Waals surface area contributed by atoms with Crippen molar-refractivity contribution < 1.29 is 4.84 Å². The van der Waals surface area contributed by atoms with E-state index in [0.717, 1.165) is 0 Å². The van der Waals surface area contributed by atoms with Gasteiger partial charge in [0.05, 0.1) is 12.1 Å². The van der Waals surface area contributed by atoms with E-state index in [1.165, 1.54) is 42.4 Å². The lowest BCUT2D eigenvalue weighted by Gasteiger charge is -2.18. The van der Waals surface area contributed by atoms with Gasteiger partial charge in [-0.1, -0.05) is 42.2 Å². The Bertz CT molecular complexity index is 349. The first-order valence-electron chi connectivity index (χ1n) is 6.64. The fraction of sp³-hybridized carbons (Fsp3) is 0.600. The van der Waals surface area contributed by atoms with E-state index in [4.69, 9.17) is 4.84 Å². The largest absolute Gasteiger partial charge is 0.298 e. The Morgan fingerprint density at radius 2 is 1.71 bits per heavy atom. The second-order valence-corrected chi connectivity index (χ2v) is 5.28. The van der Waals surface area contributed by atoms with Gasteiger partial charge in [0.25, 0.3) is 0 Å². The van der Waals surface area contributed by atoms with Gasteiger partial charge in [0, 0.05) is 0 Å². The zero-order valence-electron chi connectivity index (χ0n) is 11.1. The van der Waals surface area contributed by atoms with Gasteiger partial charge in [0.15, 0.2) is 0 Å². The van der Waals surface area contributed by atoms with Crippen LogP contribution in [0.4, 0.5) is 0 Å². The molecular formula is C15H23NO. The second-order valence-electron chi connectivity index (χ2n) is 5.28. The molecule has 0 aliphatic heterocycles. The van der Waals surface area contributed by atoms with Crippen molar-refractivity contribution in [2.45, 2.75) is 58.6 Å². The smallest absolute Gasteiger partial charge is 0.0790 e. The molecule has 1 fully saturated rings. The monoisotopic (exact) mass is 233 g/mol. The fourth-order valence-electron chi connectivity index (χ4n) is 2.53. The predicted octanol–water partition coefficient (Wildman–Crippen LogP) is 3.83. The number of hydrogen-bond donors (Lipinski definition) is 1. The maximum atomic E-state index is 5.75. The number of hydrogen-bond acceptors (Lipinski definition) is 2. The Morgan fingerprint density at radius 3 is 2.29 bits per heavy atom. The molecule has 0 heterocycles. The quantitative estimate of drug-likeness (QED) is 0.798. The predicted molar refractivity (Wildman–Crippen MR) is 70.8 cm³/mol. The highest BCUT2D eigenvalue weighted by Gasteiger charge is 2.17. The molecule has 94 valence electrons. The summed E-state index contributed by atoms with van der Waals surface area (Å²) in [7, 11) is 0. The van der Waals surface area contributed by atoms with Gasteiger partial charge < -0.3 is 0 Å². The highest BCUT2D eigenvalue weighted by Crippen LogP contribution is 2.22. The van der Waals surface area contributed by atoms with E-state index in [1.807, 2.05) is 0 Å². The molecule has 1 unspecified atom stereocenters. The van der Waals surface area contributed by atoms with Gasteiger partial charge in [0.1, 0.15) is 0 Å². The number of aryl methyl sites for hydroxylation is 2. The van der Waals surface area contributed by atoms with Gasteiger partial charge in [0.2, 0.25) is 0 Å². The van der Waals surface area contributed by atoms with Crippen LogP contribution in [0, 0.1) is 13.8 Å². The number of rotatable bonds is 4. The van der Waals surface area contributed by atoms with E-state index in [9.17, 15) is 0 Å². The molecule has 0 aromatic heterocycles. The van der Waals surface area contributed by atoms with Crippen molar-refractivity contribution in [3.8, 4) is 0 Å². The summed E-state index contributed by atoms with van der Waals surface area (Å²) in [6.45, 7) is 6.44. The lowest BCUT2D eigenvalue weighted by atomic mass is 10.0. The molecule has 2 nitrogen and oxygen atoms in total. The van der Waals surface area contributed by atoms with Gasteiger partial charge in [-0.3, -0.25) is 4.84 Å². The average Bonchev–Trinajstić information content (AvgIpc) is 2.77. The number of nitrogens with one attached hydrogen (secondary N) is 1. The van der Waals surface area contributed by atoms with Crippen molar-refractivity contribution >= 4 is 0 Å². The molecule has 1 aliphatic carbocycles. The summed E-state index contributed by atoms with van der Waals surface area (Å²) in [6, 6.07) is 6.91. The highest BCUT2D eigenvalue weighted by molar-refractivity contribution is 5.30. The van der Waals surface area contributed by atoms with Crippen LogP contribution >= 0.6 is 0 Å². The van der Waals surface area contributed by atoms with Crippen molar-refractivity contribution in [2.24, 2.45) is 0 Å². The zero-order chi connectivity index (χ0) is 12.3. The van der Waals surface area contributed by atoms with Crippen LogP contribution in [0.3, 0.4) is 0 Å². The Hall–Kier alpha value is -0.860. The summed E-state index contributed by atoms with van der Waals surface area (Å²) < 4.78 is 0. The molecule has 0 radical (unpaired) electrons. The molecule has 0 bridgehead atoms. The summed E-state index contributed by atoms with van der Waals surface area (Å²) in [5, 5.41) is 0. The highest BCUT2D eigenvalue weighted by atomic mass is 16.7. The summed E-state index contributed by atoms with van der Waals surface area (Å²) >= 11 is 0. The van der Waals surface area contributed by atoms with Gasteiger partial charge in [-0.15, -0.1) is 0 Å². The second kappa shape index (κ2) is 5.65. The third-order valence-corrected chi connectivity index (χ3v) is 3.46. The first kappa shape index (κ1) is 12.6. The van der Waals surface area contributed by atoms with Crippen LogP contribution in [0.5, 0.6) is 0 Å². The minimum Gasteiger partial charge on any atom is -0.298 e. The van der Waals surface area contributed by atoms with Gasteiger partial charge in [-0.25, -0.2) is 0 Å². The van der Waals surface area contributed by atoms with E-state index < -0.39 is 0 Å². The molecule has 2 rings (SSSR count). The van der Waals surface area contributed by atoms with E-state index in [0.29, 0.717) is 6.10 Å². The lowest BCUT2D eigenvalue weighted by Crippen LogP contribution is -2.24. The van der Waals surface area contributed by atoms with E-state index >= 15 is 0 Å². The molecule has 17 heavy (non-hydrogen) atoms. The maximum Gasteiger partial charge on any atom is 0.0790 e. The Labute approximate surface area is 104 Å². The van der Waals surface area contributed by atoms with Crippen LogP contribution < -0.4 is 5.48 Å². The summed E-state index contributed by atoms with van der Waals surface area (Å²) in [5.41, 5.74) is 7.13. The third kappa shape index (κ3) is 3.55. The zero-order valence-corrected chi connectivity index (χ0v) is 11.1. The topological polar surface area (TPSA) is 21.3 Å². The normalized spacial score (nSPS) is 18.5. The van der Waals surface area contributed by atoms with Crippen LogP contribution in [0.2, 0.25) is 0 Å². The average molecular weight is 233 g/mol. The van der Waals surface area contributed by atoms with Crippen molar-refractivity contribution in [2.75, 3.05) is 0 Å². The van der Waals surface area contributed by atoms with Crippen LogP contribution in [0.15, 0.2) is 18.2 Å². The first-order valence-corrected chi connectivity index (χ1v) is 6.64. The molecule has 1 aromatic carbocycles. The Kier molecular flexibility index (Phi) is 4.19. The van der Waals surface area contributed by atoms with E-state index in [-0.39, 0.29) is 6.04 Å².